The van der Waals surface area contributed by atoms with Crippen LogP contribution in [0, 0.1) is 6.92 Å². The van der Waals surface area contributed by atoms with Gasteiger partial charge in [0.1, 0.15) is 0 Å². The van der Waals surface area contributed by atoms with Crippen LogP contribution in [0.5, 0.6) is 0 Å². The van der Waals surface area contributed by atoms with Crippen molar-refractivity contribution >= 4 is 21.6 Å². The van der Waals surface area contributed by atoms with Crippen LogP contribution >= 0.6 is 15.9 Å². The van der Waals surface area contributed by atoms with Crippen LogP contribution in [0.4, 0.5) is 5.69 Å². The second-order valence-electron chi connectivity index (χ2n) is 5.78. The number of halogens is 1. The van der Waals surface area contributed by atoms with Crippen molar-refractivity contribution in [2.45, 2.75) is 39.8 Å². The smallest absolute Gasteiger partial charge is 0.0543 e. The molecule has 0 aliphatic heterocycles. The summed E-state index contributed by atoms with van der Waals surface area (Å²) in [6, 6.07) is 6.28. The zero-order valence-electron chi connectivity index (χ0n) is 11.9. The molecule has 102 valence electrons. The molecule has 2 rings (SSSR count). The molecule has 0 spiro atoms. The lowest BCUT2D eigenvalue weighted by atomic mass is 10.1. The number of nitrogens with zero attached hydrogens (tertiary/aromatic N) is 2. The van der Waals surface area contributed by atoms with Gasteiger partial charge in [0, 0.05) is 28.5 Å². The molecule has 3 nitrogen and oxygen atoms in total. The summed E-state index contributed by atoms with van der Waals surface area (Å²) in [6.07, 6.45) is 4.02. The third-order valence-corrected chi connectivity index (χ3v) is 3.87. The Kier molecular flexibility index (Phi) is 3.99. The topological polar surface area (TPSA) is 29.9 Å². The Balaban J connectivity index is 2.02. The van der Waals surface area contributed by atoms with Crippen molar-refractivity contribution in [2.24, 2.45) is 0 Å². The molecule has 0 amide bonds. The molecular weight excluding hydrogens is 302 g/mol. The highest BCUT2D eigenvalue weighted by atomic mass is 79.9. The van der Waals surface area contributed by atoms with E-state index in [4.69, 9.17) is 0 Å². The summed E-state index contributed by atoms with van der Waals surface area (Å²) in [6.45, 7) is 9.32. The molecule has 0 unspecified atom stereocenters. The minimum atomic E-state index is 0.0342. The first-order chi connectivity index (χ1) is 8.86. The van der Waals surface area contributed by atoms with Crippen molar-refractivity contribution in [3.63, 3.8) is 0 Å². The van der Waals surface area contributed by atoms with Crippen molar-refractivity contribution < 1.29 is 0 Å². The average molecular weight is 322 g/mol. The van der Waals surface area contributed by atoms with Crippen molar-refractivity contribution in [3.8, 4) is 0 Å². The Bertz CT molecular complexity index is 567. The Morgan fingerprint density at radius 3 is 2.63 bits per heavy atom. The molecule has 0 atom stereocenters. The Morgan fingerprint density at radius 1 is 1.32 bits per heavy atom. The molecule has 1 aromatic carbocycles. The second-order valence-corrected chi connectivity index (χ2v) is 6.64. The van der Waals surface area contributed by atoms with Crippen LogP contribution in [0.2, 0.25) is 0 Å². The molecule has 19 heavy (non-hydrogen) atoms. The molecule has 0 fully saturated rings. The minimum absolute atomic E-state index is 0.0342. The fourth-order valence-corrected chi connectivity index (χ4v) is 2.02. The molecule has 1 aromatic heterocycles. The Labute approximate surface area is 123 Å². The van der Waals surface area contributed by atoms with E-state index in [1.54, 1.807) is 0 Å². The number of rotatable bonds is 3. The minimum Gasteiger partial charge on any atom is -0.381 e. The van der Waals surface area contributed by atoms with Crippen LogP contribution in [0.15, 0.2) is 35.1 Å². The predicted molar refractivity (Wildman–Crippen MR) is 83.4 cm³/mol. The van der Waals surface area contributed by atoms with Gasteiger partial charge in [-0.1, -0.05) is 15.9 Å². The standard InChI is InChI=1S/C15H20BrN3/c1-11-7-13(5-6-14(11)16)17-8-12-9-18-19(10-12)15(2,3)4/h5-7,9-10,17H,8H2,1-4H3. The summed E-state index contributed by atoms with van der Waals surface area (Å²) in [5, 5.41) is 7.82. The second kappa shape index (κ2) is 5.37. The van der Waals surface area contributed by atoms with Crippen LogP contribution in [0.25, 0.3) is 0 Å². The molecule has 0 aliphatic carbocycles. The maximum atomic E-state index is 4.40. The van der Waals surface area contributed by atoms with Crippen molar-refractivity contribution in [1.29, 1.82) is 0 Å². The Hall–Kier alpha value is -1.29. The number of benzene rings is 1. The summed E-state index contributed by atoms with van der Waals surface area (Å²) in [5.41, 5.74) is 3.59. The largest absolute Gasteiger partial charge is 0.381 e. The van der Waals surface area contributed by atoms with Crippen molar-refractivity contribution in [3.05, 3.63) is 46.2 Å². The van der Waals surface area contributed by atoms with Crippen LogP contribution in [0.3, 0.4) is 0 Å². The van der Waals surface area contributed by atoms with Crippen molar-refractivity contribution in [1.82, 2.24) is 9.78 Å². The normalized spacial score (nSPS) is 11.6. The molecule has 0 bridgehead atoms. The summed E-state index contributed by atoms with van der Waals surface area (Å²) in [5.74, 6) is 0. The number of aryl methyl sites for hydroxylation is 1. The van der Waals surface area contributed by atoms with E-state index < -0.39 is 0 Å². The van der Waals surface area contributed by atoms with Crippen LogP contribution in [-0.4, -0.2) is 9.78 Å². The van der Waals surface area contributed by atoms with E-state index in [2.05, 4.69) is 78.4 Å². The van der Waals surface area contributed by atoms with Gasteiger partial charge in [-0.25, -0.2) is 0 Å². The van der Waals surface area contributed by atoms with E-state index >= 15 is 0 Å². The van der Waals surface area contributed by atoms with E-state index in [-0.39, 0.29) is 5.54 Å². The summed E-state index contributed by atoms with van der Waals surface area (Å²) < 4.78 is 3.13. The van der Waals surface area contributed by atoms with Gasteiger partial charge in [-0.15, -0.1) is 0 Å². The first kappa shape index (κ1) is 14.1. The molecule has 0 saturated carbocycles. The molecule has 1 N–H and O–H groups in total. The van der Waals surface area contributed by atoms with Gasteiger partial charge in [0.15, 0.2) is 0 Å². The lowest BCUT2D eigenvalue weighted by Gasteiger charge is -2.18. The quantitative estimate of drug-likeness (QED) is 0.912. The van der Waals surface area contributed by atoms with E-state index in [9.17, 15) is 0 Å². The third kappa shape index (κ3) is 3.60. The SMILES string of the molecule is Cc1cc(NCc2cnn(C(C)(C)C)c2)ccc1Br. The molecule has 1 heterocycles. The maximum absolute atomic E-state index is 4.40. The van der Waals surface area contributed by atoms with E-state index in [1.165, 1.54) is 11.1 Å². The molecule has 4 heteroatoms. The number of aromatic nitrogens is 2. The van der Waals surface area contributed by atoms with E-state index in [1.807, 2.05) is 10.9 Å². The summed E-state index contributed by atoms with van der Waals surface area (Å²) in [7, 11) is 0. The van der Waals surface area contributed by atoms with Crippen LogP contribution in [-0.2, 0) is 12.1 Å². The monoisotopic (exact) mass is 321 g/mol. The van der Waals surface area contributed by atoms with Gasteiger partial charge in [0.2, 0.25) is 0 Å². The van der Waals surface area contributed by atoms with Gasteiger partial charge in [0.25, 0.3) is 0 Å². The van der Waals surface area contributed by atoms with Crippen LogP contribution < -0.4 is 5.32 Å². The molecule has 0 saturated heterocycles. The lowest BCUT2D eigenvalue weighted by Crippen LogP contribution is -2.21. The van der Waals surface area contributed by atoms with Gasteiger partial charge < -0.3 is 5.32 Å². The third-order valence-electron chi connectivity index (χ3n) is 2.98. The van der Waals surface area contributed by atoms with E-state index in [0.29, 0.717) is 0 Å². The average Bonchev–Trinajstić information content (AvgIpc) is 2.79. The fraction of sp³-hybridized carbons (Fsp3) is 0.400. The number of nitrogens with one attached hydrogen (secondary N) is 1. The first-order valence-corrected chi connectivity index (χ1v) is 7.19. The number of hydrogen-bond donors (Lipinski definition) is 1. The number of anilines is 1. The first-order valence-electron chi connectivity index (χ1n) is 6.40. The highest BCUT2D eigenvalue weighted by Gasteiger charge is 2.13. The highest BCUT2D eigenvalue weighted by Crippen LogP contribution is 2.20. The van der Waals surface area contributed by atoms with Crippen LogP contribution in [0.1, 0.15) is 31.9 Å². The van der Waals surface area contributed by atoms with Crippen molar-refractivity contribution in [2.75, 3.05) is 5.32 Å². The zero-order valence-corrected chi connectivity index (χ0v) is 13.5. The maximum Gasteiger partial charge on any atom is 0.0543 e. The van der Waals surface area contributed by atoms with Gasteiger partial charge in [0.05, 0.1) is 11.7 Å². The number of hydrogen-bond acceptors (Lipinski definition) is 2. The Morgan fingerprint density at radius 2 is 2.05 bits per heavy atom. The summed E-state index contributed by atoms with van der Waals surface area (Å²) in [4.78, 5) is 0. The fourth-order valence-electron chi connectivity index (χ4n) is 1.78. The molecule has 0 aliphatic rings. The lowest BCUT2D eigenvalue weighted by molar-refractivity contribution is 0.355. The van der Waals surface area contributed by atoms with Gasteiger partial charge in [-0.3, -0.25) is 4.68 Å². The summed E-state index contributed by atoms with van der Waals surface area (Å²) >= 11 is 3.51. The predicted octanol–water partition coefficient (Wildman–Crippen LogP) is 4.32. The zero-order chi connectivity index (χ0) is 14.0. The molecule has 2 aromatic rings. The van der Waals surface area contributed by atoms with E-state index in [0.717, 1.165) is 16.7 Å². The molecule has 0 radical (unpaired) electrons. The molecular formula is C15H20BrN3. The highest BCUT2D eigenvalue weighted by molar-refractivity contribution is 9.10. The van der Waals surface area contributed by atoms with Gasteiger partial charge >= 0.3 is 0 Å². The van der Waals surface area contributed by atoms with Gasteiger partial charge in [-0.2, -0.15) is 5.10 Å². The van der Waals surface area contributed by atoms with Gasteiger partial charge in [-0.05, 0) is 51.5 Å².